The van der Waals surface area contributed by atoms with Gasteiger partial charge in [-0.15, -0.1) is 0 Å². The molecular formula is C38H49FN8O3S. The first-order valence-electron chi connectivity index (χ1n) is 18.3. The first-order chi connectivity index (χ1) is 24.1. The van der Waals surface area contributed by atoms with Crippen molar-refractivity contribution in [3.05, 3.63) is 29.7 Å². The van der Waals surface area contributed by atoms with Crippen LogP contribution >= 0.6 is 11.3 Å². The maximum atomic E-state index is 17.2. The number of aryl methyl sites for hydroxylation is 1. The van der Waals surface area contributed by atoms with E-state index in [2.05, 4.69) is 41.2 Å². The number of rotatable bonds is 6. The maximum Gasteiger partial charge on any atom is 0.413 e. The summed E-state index contributed by atoms with van der Waals surface area (Å²) in [6.07, 6.45) is 7.75. The lowest BCUT2D eigenvalue weighted by atomic mass is 9.72. The normalized spacial score (nSPS) is 23.3. The summed E-state index contributed by atoms with van der Waals surface area (Å²) in [5.41, 5.74) is 1.49. The van der Waals surface area contributed by atoms with Gasteiger partial charge in [-0.1, -0.05) is 38.2 Å². The number of thiazole rings is 1. The molecule has 51 heavy (non-hydrogen) atoms. The van der Waals surface area contributed by atoms with Crippen molar-refractivity contribution in [3.8, 4) is 17.3 Å². The highest BCUT2D eigenvalue weighted by Gasteiger charge is 2.52. The molecule has 0 radical (unpaired) electrons. The average molecular weight is 717 g/mol. The van der Waals surface area contributed by atoms with E-state index in [4.69, 9.17) is 29.4 Å². The summed E-state index contributed by atoms with van der Waals surface area (Å²) in [6.45, 7) is 18.3. The molecule has 2 atom stereocenters. The van der Waals surface area contributed by atoms with Crippen LogP contribution in [0.25, 0.3) is 32.4 Å². The van der Waals surface area contributed by atoms with Crippen LogP contribution in [0.1, 0.15) is 85.6 Å². The molecule has 272 valence electrons. The van der Waals surface area contributed by atoms with E-state index in [9.17, 15) is 4.79 Å². The monoisotopic (exact) mass is 716 g/mol. The summed E-state index contributed by atoms with van der Waals surface area (Å²) in [6, 6.07) is 4.36. The van der Waals surface area contributed by atoms with Gasteiger partial charge < -0.3 is 19.7 Å². The van der Waals surface area contributed by atoms with Crippen molar-refractivity contribution >= 4 is 49.5 Å². The average Bonchev–Trinajstić information content (AvgIpc) is 3.81. The fourth-order valence-electron chi connectivity index (χ4n) is 8.86. The zero-order chi connectivity index (χ0) is 35.9. The van der Waals surface area contributed by atoms with Crippen molar-refractivity contribution < 1.29 is 18.7 Å². The van der Waals surface area contributed by atoms with Crippen LogP contribution in [0.15, 0.2) is 18.3 Å². The summed E-state index contributed by atoms with van der Waals surface area (Å²) >= 11 is 1.30. The number of hydrogen-bond donors (Lipinski definition) is 2. The predicted octanol–water partition coefficient (Wildman–Crippen LogP) is 7.46. The van der Waals surface area contributed by atoms with Crippen LogP contribution < -0.4 is 20.3 Å². The summed E-state index contributed by atoms with van der Waals surface area (Å²) in [5, 5.41) is 7.59. The molecule has 2 bridgehead atoms. The Labute approximate surface area is 302 Å². The third-order valence-electron chi connectivity index (χ3n) is 11.6. The highest BCUT2D eigenvalue weighted by atomic mass is 32.1. The first-order valence-corrected chi connectivity index (χ1v) is 19.1. The molecule has 2 N–H and O–H groups in total. The number of carbonyl (C=O) groups is 1. The molecule has 4 aliphatic heterocycles. The lowest BCUT2D eigenvalue weighted by molar-refractivity contribution is 0.0636. The quantitative estimate of drug-likeness (QED) is 0.208. The fourth-order valence-corrected chi connectivity index (χ4v) is 9.72. The molecule has 3 aromatic heterocycles. The van der Waals surface area contributed by atoms with Crippen LogP contribution in [0.3, 0.4) is 0 Å². The third-order valence-corrected chi connectivity index (χ3v) is 12.5. The second-order valence-electron chi connectivity index (χ2n) is 17.1. The zero-order valence-corrected chi connectivity index (χ0v) is 31.6. The van der Waals surface area contributed by atoms with E-state index in [0.717, 1.165) is 75.0 Å². The van der Waals surface area contributed by atoms with E-state index in [-0.39, 0.29) is 33.7 Å². The number of amides is 1. The van der Waals surface area contributed by atoms with E-state index in [0.29, 0.717) is 40.1 Å². The molecule has 7 heterocycles. The number of hydrogen-bond acceptors (Lipinski definition) is 11. The Kier molecular flexibility index (Phi) is 8.23. The van der Waals surface area contributed by atoms with Gasteiger partial charge in [-0.2, -0.15) is 9.97 Å². The largest absolute Gasteiger partial charge is 0.461 e. The Bertz CT molecular complexity index is 2010. The number of carbonyl (C=O) groups excluding carboxylic acids is 1. The van der Waals surface area contributed by atoms with Gasteiger partial charge >= 0.3 is 12.1 Å². The Balaban J connectivity index is 1.22. The lowest BCUT2D eigenvalue weighted by Crippen LogP contribution is -2.65. The molecule has 1 unspecified atom stereocenters. The van der Waals surface area contributed by atoms with Gasteiger partial charge in [0.15, 0.2) is 10.9 Å². The van der Waals surface area contributed by atoms with Crippen molar-refractivity contribution in [3.63, 3.8) is 0 Å². The number of halogens is 1. The SMILES string of the molecule is Cc1ccc2sc(NC(=O)OC(C)(C)C)nc2c1-c1ncc2c(N3C[C@@H]4CCC(C(C)(C)C)(C3)N4)nc(OCC34CCCN3CCC4)nc2c1F. The lowest BCUT2D eigenvalue weighted by Gasteiger charge is -2.49. The molecule has 1 aromatic carbocycles. The van der Waals surface area contributed by atoms with Gasteiger partial charge in [-0.3, -0.25) is 15.2 Å². The van der Waals surface area contributed by atoms with Gasteiger partial charge in [-0.05, 0) is 96.4 Å². The van der Waals surface area contributed by atoms with Crippen molar-refractivity contribution in [2.24, 2.45) is 5.41 Å². The van der Waals surface area contributed by atoms with Gasteiger partial charge in [0.25, 0.3) is 0 Å². The van der Waals surface area contributed by atoms with Gasteiger partial charge in [0, 0.05) is 36.4 Å². The Morgan fingerprint density at radius 3 is 2.57 bits per heavy atom. The molecule has 11 nitrogen and oxygen atoms in total. The van der Waals surface area contributed by atoms with E-state index in [1.165, 1.54) is 11.3 Å². The number of piperazine rings is 1. The fraction of sp³-hybridized carbons (Fsp3) is 0.605. The number of nitrogens with zero attached hydrogens (tertiary/aromatic N) is 6. The van der Waals surface area contributed by atoms with E-state index < -0.39 is 17.5 Å². The van der Waals surface area contributed by atoms with Crippen LogP contribution in [-0.4, -0.2) is 86.4 Å². The molecule has 1 amide bonds. The van der Waals surface area contributed by atoms with E-state index >= 15 is 4.39 Å². The Morgan fingerprint density at radius 2 is 1.84 bits per heavy atom. The van der Waals surface area contributed by atoms with Crippen molar-refractivity contribution in [2.75, 3.05) is 43.0 Å². The van der Waals surface area contributed by atoms with Gasteiger partial charge in [0.2, 0.25) is 0 Å². The number of anilines is 2. The zero-order valence-electron chi connectivity index (χ0n) is 30.8. The topological polar surface area (TPSA) is 118 Å². The summed E-state index contributed by atoms with van der Waals surface area (Å²) in [4.78, 5) is 36.8. The number of pyridine rings is 1. The summed E-state index contributed by atoms with van der Waals surface area (Å²) in [5.74, 6) is 0.117. The van der Waals surface area contributed by atoms with Crippen LogP contribution in [0.5, 0.6) is 6.01 Å². The molecule has 0 spiro atoms. The smallest absolute Gasteiger partial charge is 0.413 e. The molecule has 8 rings (SSSR count). The van der Waals surface area contributed by atoms with Crippen LogP contribution in [0, 0.1) is 18.2 Å². The molecule has 0 saturated carbocycles. The molecule has 0 aliphatic carbocycles. The van der Waals surface area contributed by atoms with Gasteiger partial charge in [0.05, 0.1) is 21.1 Å². The van der Waals surface area contributed by atoms with Crippen molar-refractivity contribution in [1.82, 2.24) is 30.2 Å². The van der Waals surface area contributed by atoms with Gasteiger partial charge in [-0.25, -0.2) is 14.2 Å². The highest BCUT2D eigenvalue weighted by Crippen LogP contribution is 2.45. The molecule has 4 aromatic rings. The molecule has 4 fully saturated rings. The number of aromatic nitrogens is 4. The second kappa shape index (κ2) is 12.2. The van der Waals surface area contributed by atoms with E-state index in [1.807, 2.05) is 19.1 Å². The maximum absolute atomic E-state index is 17.2. The van der Waals surface area contributed by atoms with Crippen LogP contribution in [0.4, 0.5) is 20.1 Å². The predicted molar refractivity (Wildman–Crippen MR) is 199 cm³/mol. The van der Waals surface area contributed by atoms with Crippen LogP contribution in [0.2, 0.25) is 0 Å². The number of nitrogens with one attached hydrogen (secondary N) is 2. The summed E-state index contributed by atoms with van der Waals surface area (Å²) < 4.78 is 30.0. The number of ether oxygens (including phenoxy) is 2. The molecular weight excluding hydrogens is 668 g/mol. The van der Waals surface area contributed by atoms with Gasteiger partial charge in [0.1, 0.15) is 29.2 Å². The minimum absolute atomic E-state index is 0.00665. The molecule has 4 saturated heterocycles. The highest BCUT2D eigenvalue weighted by molar-refractivity contribution is 7.22. The van der Waals surface area contributed by atoms with Crippen LogP contribution in [-0.2, 0) is 4.74 Å². The number of fused-ring (bicyclic) bond motifs is 5. The third kappa shape index (κ3) is 6.08. The standard InChI is InChI=1S/C38H49FN8O3S/c1-22-10-11-25-29(42-33(51-25)44-34(48)50-36(5,6)7)26(22)30-27(39)28-24(18-40-30)31(46-19-23-12-15-38(20-46,45-23)35(2,3)4)43-32(41-28)49-21-37-13-8-16-47(37)17-9-14-37/h10-11,18,23,45H,8-9,12-17,19-21H2,1-7H3,(H,42,44,48)/t23-,38?/m0/s1. The molecule has 13 heteroatoms. The Hall–Kier alpha value is -3.68. The Morgan fingerprint density at radius 1 is 1.08 bits per heavy atom. The molecule has 4 aliphatic rings. The first kappa shape index (κ1) is 34.4. The van der Waals surface area contributed by atoms with Crippen molar-refractivity contribution in [1.29, 1.82) is 0 Å². The summed E-state index contributed by atoms with van der Waals surface area (Å²) in [7, 11) is 0. The van der Waals surface area contributed by atoms with E-state index in [1.54, 1.807) is 27.0 Å². The second-order valence-corrected chi connectivity index (χ2v) is 18.1. The minimum atomic E-state index is -0.658. The van der Waals surface area contributed by atoms with Crippen molar-refractivity contribution in [2.45, 2.75) is 110 Å². The minimum Gasteiger partial charge on any atom is -0.461 e. The number of benzene rings is 1.